The smallest absolute Gasteiger partial charge is 0.235 e. The molecule has 0 aliphatic carbocycles. The number of nitrogens with zero attached hydrogens (tertiary/aromatic N) is 2. The van der Waals surface area contributed by atoms with Crippen molar-refractivity contribution in [2.75, 3.05) is 7.11 Å². The van der Waals surface area contributed by atoms with Crippen molar-refractivity contribution in [3.63, 3.8) is 0 Å². The fraction of sp³-hybridized carbons (Fsp3) is 0.188. The highest BCUT2D eigenvalue weighted by Gasteiger charge is 2.06. The molecule has 2 heterocycles. The number of fused-ring (bicyclic) bond motifs is 1. The first kappa shape index (κ1) is 13.4. The molecule has 5 heteroatoms. The van der Waals surface area contributed by atoms with Crippen molar-refractivity contribution in [2.24, 2.45) is 0 Å². The summed E-state index contributed by atoms with van der Waals surface area (Å²) in [5.74, 6) is 1.27. The van der Waals surface area contributed by atoms with Gasteiger partial charge in [0.15, 0.2) is 0 Å². The molecule has 0 aliphatic heterocycles. The van der Waals surface area contributed by atoms with E-state index in [0.29, 0.717) is 5.75 Å². The monoisotopic (exact) mass is 286 g/mol. The summed E-state index contributed by atoms with van der Waals surface area (Å²) in [6.07, 6.45) is 2.47. The van der Waals surface area contributed by atoms with Gasteiger partial charge in [-0.2, -0.15) is 0 Å². The minimum absolute atomic E-state index is 0.499. The number of pyridine rings is 1. The zero-order valence-corrected chi connectivity index (χ0v) is 11.8. The Balaban J connectivity index is 1.92. The standard InChI is InChI=1S/C16H15FN2O2/c1-11(17)21-13-5-3-12(4-6-13)15-10-19-9-14(20-2)7-8-16(19)18-15/h3-11H,1-2H3. The number of hydrogen-bond donors (Lipinski definition) is 0. The maximum atomic E-state index is 12.8. The fourth-order valence-electron chi connectivity index (χ4n) is 2.12. The van der Waals surface area contributed by atoms with E-state index in [-0.39, 0.29) is 0 Å². The third kappa shape index (κ3) is 2.81. The van der Waals surface area contributed by atoms with Crippen LogP contribution in [0, 0.1) is 0 Å². The van der Waals surface area contributed by atoms with Gasteiger partial charge in [0.2, 0.25) is 6.36 Å². The number of ether oxygens (including phenoxy) is 2. The quantitative estimate of drug-likeness (QED) is 0.733. The first-order chi connectivity index (χ1) is 10.2. The molecular weight excluding hydrogens is 271 g/mol. The van der Waals surface area contributed by atoms with Crippen LogP contribution in [0.3, 0.4) is 0 Å². The van der Waals surface area contributed by atoms with E-state index in [1.165, 1.54) is 6.92 Å². The van der Waals surface area contributed by atoms with Crippen LogP contribution in [0.25, 0.3) is 16.9 Å². The second kappa shape index (κ2) is 5.44. The second-order valence-electron chi connectivity index (χ2n) is 4.65. The zero-order chi connectivity index (χ0) is 14.8. The first-order valence-electron chi connectivity index (χ1n) is 6.59. The minimum Gasteiger partial charge on any atom is -0.495 e. The molecule has 21 heavy (non-hydrogen) atoms. The molecule has 0 amide bonds. The lowest BCUT2D eigenvalue weighted by Crippen LogP contribution is -2.03. The van der Waals surface area contributed by atoms with Crippen LogP contribution in [0.2, 0.25) is 0 Å². The van der Waals surface area contributed by atoms with Gasteiger partial charge in [0.05, 0.1) is 19.0 Å². The summed E-state index contributed by atoms with van der Waals surface area (Å²) in [5, 5.41) is 0. The third-order valence-electron chi connectivity index (χ3n) is 3.11. The lowest BCUT2D eigenvalue weighted by Gasteiger charge is -2.06. The first-order valence-corrected chi connectivity index (χ1v) is 6.59. The molecule has 0 saturated heterocycles. The Morgan fingerprint density at radius 1 is 1.05 bits per heavy atom. The number of rotatable bonds is 4. The highest BCUT2D eigenvalue weighted by Crippen LogP contribution is 2.24. The molecule has 0 spiro atoms. The van der Waals surface area contributed by atoms with E-state index in [1.54, 1.807) is 19.2 Å². The molecule has 3 aromatic rings. The van der Waals surface area contributed by atoms with Gasteiger partial charge in [-0.05, 0) is 36.4 Å². The van der Waals surface area contributed by atoms with Gasteiger partial charge in [-0.15, -0.1) is 0 Å². The Morgan fingerprint density at radius 3 is 2.43 bits per heavy atom. The summed E-state index contributed by atoms with van der Waals surface area (Å²) < 4.78 is 24.9. The third-order valence-corrected chi connectivity index (χ3v) is 3.11. The van der Waals surface area contributed by atoms with Gasteiger partial charge < -0.3 is 13.9 Å². The van der Waals surface area contributed by atoms with Gasteiger partial charge in [-0.3, -0.25) is 0 Å². The average Bonchev–Trinajstić information content (AvgIpc) is 2.90. The van der Waals surface area contributed by atoms with Crippen LogP contribution in [-0.4, -0.2) is 22.9 Å². The number of benzene rings is 1. The van der Waals surface area contributed by atoms with Crippen molar-refractivity contribution < 1.29 is 13.9 Å². The Bertz CT molecular complexity index is 751. The van der Waals surface area contributed by atoms with E-state index in [9.17, 15) is 4.39 Å². The molecule has 1 atom stereocenters. The second-order valence-corrected chi connectivity index (χ2v) is 4.65. The van der Waals surface area contributed by atoms with E-state index >= 15 is 0 Å². The maximum absolute atomic E-state index is 12.8. The van der Waals surface area contributed by atoms with Crippen LogP contribution < -0.4 is 9.47 Å². The molecule has 0 bridgehead atoms. The number of halogens is 1. The van der Waals surface area contributed by atoms with E-state index in [0.717, 1.165) is 22.7 Å². The van der Waals surface area contributed by atoms with Crippen molar-refractivity contribution in [2.45, 2.75) is 13.3 Å². The van der Waals surface area contributed by atoms with Crippen molar-refractivity contribution in [1.29, 1.82) is 0 Å². The van der Waals surface area contributed by atoms with Crippen molar-refractivity contribution in [3.8, 4) is 22.8 Å². The number of alkyl halides is 1. The predicted molar refractivity (Wildman–Crippen MR) is 78.4 cm³/mol. The molecule has 0 saturated carbocycles. The van der Waals surface area contributed by atoms with E-state index in [1.807, 2.05) is 41.1 Å². The minimum atomic E-state index is -1.32. The Kier molecular flexibility index (Phi) is 3.48. The van der Waals surface area contributed by atoms with Gasteiger partial charge in [0, 0.05) is 18.7 Å². The number of methoxy groups -OCH3 is 1. The number of aromatic nitrogens is 2. The van der Waals surface area contributed by atoms with Gasteiger partial charge in [-0.1, -0.05) is 0 Å². The maximum Gasteiger partial charge on any atom is 0.235 e. The van der Waals surface area contributed by atoms with Crippen molar-refractivity contribution in [1.82, 2.24) is 9.38 Å². The lowest BCUT2D eigenvalue weighted by molar-refractivity contribution is 0.0861. The SMILES string of the molecule is COc1ccc2nc(-c3ccc(OC(C)F)cc3)cn2c1. The molecule has 0 aliphatic rings. The van der Waals surface area contributed by atoms with Gasteiger partial charge in [-0.25, -0.2) is 9.37 Å². The molecule has 2 aromatic heterocycles. The number of hydrogen-bond acceptors (Lipinski definition) is 3. The Morgan fingerprint density at radius 2 is 1.76 bits per heavy atom. The van der Waals surface area contributed by atoms with E-state index in [2.05, 4.69) is 4.98 Å². The van der Waals surface area contributed by atoms with E-state index < -0.39 is 6.36 Å². The molecule has 108 valence electrons. The van der Waals surface area contributed by atoms with Gasteiger partial charge in [0.25, 0.3) is 0 Å². The molecule has 0 radical (unpaired) electrons. The predicted octanol–water partition coefficient (Wildman–Crippen LogP) is 3.70. The Labute approximate surface area is 121 Å². The van der Waals surface area contributed by atoms with Gasteiger partial charge in [0.1, 0.15) is 17.1 Å². The van der Waals surface area contributed by atoms with Crippen LogP contribution in [0.4, 0.5) is 4.39 Å². The van der Waals surface area contributed by atoms with Crippen LogP contribution in [0.15, 0.2) is 48.8 Å². The highest BCUT2D eigenvalue weighted by atomic mass is 19.1. The average molecular weight is 286 g/mol. The summed E-state index contributed by atoms with van der Waals surface area (Å²) in [5.41, 5.74) is 2.61. The van der Waals surface area contributed by atoms with Gasteiger partial charge >= 0.3 is 0 Å². The van der Waals surface area contributed by atoms with E-state index in [4.69, 9.17) is 9.47 Å². The highest BCUT2D eigenvalue weighted by molar-refractivity contribution is 5.63. The largest absolute Gasteiger partial charge is 0.495 e. The number of imidazole rings is 1. The van der Waals surface area contributed by atoms with Crippen molar-refractivity contribution in [3.05, 3.63) is 48.8 Å². The summed E-state index contributed by atoms with van der Waals surface area (Å²) in [6.45, 7) is 1.35. The summed E-state index contributed by atoms with van der Waals surface area (Å²) in [6, 6.07) is 10.9. The lowest BCUT2D eigenvalue weighted by atomic mass is 10.2. The summed E-state index contributed by atoms with van der Waals surface area (Å²) in [7, 11) is 1.63. The Hall–Kier alpha value is -2.56. The normalized spacial score (nSPS) is 12.3. The molecule has 0 N–H and O–H groups in total. The molecule has 1 unspecified atom stereocenters. The summed E-state index contributed by atoms with van der Waals surface area (Å²) >= 11 is 0. The zero-order valence-electron chi connectivity index (χ0n) is 11.8. The van der Waals surface area contributed by atoms with Crippen LogP contribution in [0.5, 0.6) is 11.5 Å². The summed E-state index contributed by atoms with van der Waals surface area (Å²) in [4.78, 5) is 4.54. The van der Waals surface area contributed by atoms with Crippen LogP contribution >= 0.6 is 0 Å². The van der Waals surface area contributed by atoms with Crippen LogP contribution in [-0.2, 0) is 0 Å². The fourth-order valence-corrected chi connectivity index (χ4v) is 2.12. The van der Waals surface area contributed by atoms with Crippen molar-refractivity contribution >= 4 is 5.65 Å². The molecule has 0 fully saturated rings. The molecule has 4 nitrogen and oxygen atoms in total. The molecule has 3 rings (SSSR count). The van der Waals surface area contributed by atoms with Crippen LogP contribution in [0.1, 0.15) is 6.92 Å². The molecule has 1 aromatic carbocycles. The topological polar surface area (TPSA) is 35.8 Å². The molecular formula is C16H15FN2O2.